The zero-order valence-corrected chi connectivity index (χ0v) is 13.5. The molecule has 1 saturated heterocycles. The number of hydrogen-bond donors (Lipinski definition) is 0. The number of amides is 1. The van der Waals surface area contributed by atoms with Crippen LogP contribution in [-0.2, 0) is 0 Å². The second-order valence-electron chi connectivity index (χ2n) is 5.21. The van der Waals surface area contributed by atoms with Crippen LogP contribution in [0, 0.1) is 5.82 Å². The highest BCUT2D eigenvalue weighted by Crippen LogP contribution is 2.20. The maximum absolute atomic E-state index is 13.5. The summed E-state index contributed by atoms with van der Waals surface area (Å²) >= 11 is 3.10. The van der Waals surface area contributed by atoms with E-state index in [-0.39, 0.29) is 11.9 Å². The summed E-state index contributed by atoms with van der Waals surface area (Å²) in [6.45, 7) is 5.25. The number of nitrogens with zero attached hydrogens (tertiary/aromatic N) is 2. The normalized spacial score (nSPS) is 17.2. The average Bonchev–Trinajstić information content (AvgIpc) is 2.48. The summed E-state index contributed by atoms with van der Waals surface area (Å²) in [4.78, 5) is 16.5. The number of benzene rings is 1. The van der Waals surface area contributed by atoms with E-state index in [4.69, 9.17) is 0 Å². The van der Waals surface area contributed by atoms with Crippen LogP contribution in [0.4, 0.5) is 4.39 Å². The van der Waals surface area contributed by atoms with Gasteiger partial charge in [0.1, 0.15) is 5.82 Å². The number of rotatable bonds is 3. The Morgan fingerprint density at radius 3 is 2.65 bits per heavy atom. The smallest absolute Gasteiger partial charge is 0.253 e. The Bertz CT molecular complexity index is 487. The van der Waals surface area contributed by atoms with E-state index in [1.54, 1.807) is 17.0 Å². The molecule has 0 spiro atoms. The minimum atomic E-state index is -0.398. The SMILES string of the molecule is CCN1CCC(N(C)C(=O)c2ccc(Br)c(F)c2)CC1. The number of piperidine rings is 1. The average molecular weight is 343 g/mol. The molecule has 0 bridgehead atoms. The highest BCUT2D eigenvalue weighted by atomic mass is 79.9. The Balaban J connectivity index is 2.03. The molecule has 0 saturated carbocycles. The number of likely N-dealkylation sites (tertiary alicyclic amines) is 1. The fraction of sp³-hybridized carbons (Fsp3) is 0.533. The van der Waals surface area contributed by atoms with Gasteiger partial charge in [-0.3, -0.25) is 4.79 Å². The van der Waals surface area contributed by atoms with Crippen molar-refractivity contribution in [2.45, 2.75) is 25.8 Å². The first kappa shape index (κ1) is 15.4. The van der Waals surface area contributed by atoms with Gasteiger partial charge in [0.25, 0.3) is 5.91 Å². The maximum atomic E-state index is 13.5. The largest absolute Gasteiger partial charge is 0.339 e. The molecule has 0 aliphatic carbocycles. The van der Waals surface area contributed by atoms with E-state index >= 15 is 0 Å². The van der Waals surface area contributed by atoms with Crippen molar-refractivity contribution in [2.24, 2.45) is 0 Å². The molecule has 1 fully saturated rings. The summed E-state index contributed by atoms with van der Waals surface area (Å²) in [6, 6.07) is 4.78. The van der Waals surface area contributed by atoms with Gasteiger partial charge in [-0.1, -0.05) is 6.92 Å². The zero-order chi connectivity index (χ0) is 14.7. The van der Waals surface area contributed by atoms with E-state index in [2.05, 4.69) is 27.8 Å². The van der Waals surface area contributed by atoms with Gasteiger partial charge in [0.2, 0.25) is 0 Å². The van der Waals surface area contributed by atoms with E-state index < -0.39 is 5.82 Å². The van der Waals surface area contributed by atoms with Gasteiger partial charge in [0, 0.05) is 31.7 Å². The standard InChI is InChI=1S/C15H20BrFN2O/c1-3-19-8-6-12(7-9-19)18(2)15(20)11-4-5-13(16)14(17)10-11/h4-5,10,12H,3,6-9H2,1-2H3. The Hall–Kier alpha value is -0.940. The van der Waals surface area contributed by atoms with Crippen molar-refractivity contribution in [3.63, 3.8) is 0 Å². The van der Waals surface area contributed by atoms with E-state index in [0.29, 0.717) is 10.0 Å². The third-order valence-electron chi connectivity index (χ3n) is 4.04. The molecule has 1 aliphatic rings. The number of hydrogen-bond acceptors (Lipinski definition) is 2. The van der Waals surface area contributed by atoms with Crippen LogP contribution in [0.25, 0.3) is 0 Å². The molecule has 110 valence electrons. The molecule has 2 rings (SSSR count). The summed E-state index contributed by atoms with van der Waals surface area (Å²) in [5.41, 5.74) is 0.408. The van der Waals surface area contributed by atoms with Gasteiger partial charge in [-0.05, 0) is 53.5 Å². The highest BCUT2D eigenvalue weighted by Gasteiger charge is 2.25. The molecule has 20 heavy (non-hydrogen) atoms. The summed E-state index contributed by atoms with van der Waals surface area (Å²) in [7, 11) is 1.81. The molecular weight excluding hydrogens is 323 g/mol. The van der Waals surface area contributed by atoms with Gasteiger partial charge >= 0.3 is 0 Å². The van der Waals surface area contributed by atoms with Gasteiger partial charge in [0.05, 0.1) is 4.47 Å². The van der Waals surface area contributed by atoms with Gasteiger partial charge in [-0.15, -0.1) is 0 Å². The van der Waals surface area contributed by atoms with E-state index in [1.807, 2.05) is 7.05 Å². The van der Waals surface area contributed by atoms with Crippen molar-refractivity contribution < 1.29 is 9.18 Å². The molecule has 1 aliphatic heterocycles. The first-order valence-corrected chi connectivity index (χ1v) is 7.76. The molecular formula is C15H20BrFN2O. The van der Waals surface area contributed by atoms with Crippen molar-refractivity contribution >= 4 is 21.8 Å². The molecule has 0 aromatic heterocycles. The van der Waals surface area contributed by atoms with Crippen LogP contribution < -0.4 is 0 Å². The van der Waals surface area contributed by atoms with Crippen molar-refractivity contribution in [3.05, 3.63) is 34.1 Å². The first-order valence-electron chi connectivity index (χ1n) is 6.97. The summed E-state index contributed by atoms with van der Waals surface area (Å²) in [5, 5.41) is 0. The molecule has 1 heterocycles. The Morgan fingerprint density at radius 1 is 1.45 bits per heavy atom. The first-order chi connectivity index (χ1) is 9.52. The lowest BCUT2D eigenvalue weighted by Gasteiger charge is -2.36. The minimum absolute atomic E-state index is 0.105. The number of halogens is 2. The fourth-order valence-electron chi connectivity index (χ4n) is 2.62. The van der Waals surface area contributed by atoms with Crippen LogP contribution in [0.1, 0.15) is 30.1 Å². The molecule has 0 unspecified atom stereocenters. The van der Waals surface area contributed by atoms with Crippen LogP contribution >= 0.6 is 15.9 Å². The Labute approximate surface area is 127 Å². The van der Waals surface area contributed by atoms with Crippen LogP contribution in [0.3, 0.4) is 0 Å². The lowest BCUT2D eigenvalue weighted by Crippen LogP contribution is -2.45. The Morgan fingerprint density at radius 2 is 2.10 bits per heavy atom. The molecule has 3 nitrogen and oxygen atoms in total. The third-order valence-corrected chi connectivity index (χ3v) is 4.68. The van der Waals surface area contributed by atoms with Crippen LogP contribution in [-0.4, -0.2) is 48.4 Å². The molecule has 0 N–H and O–H groups in total. The van der Waals surface area contributed by atoms with E-state index in [1.165, 1.54) is 6.07 Å². The van der Waals surface area contributed by atoms with Crippen molar-refractivity contribution in [1.82, 2.24) is 9.80 Å². The molecule has 0 atom stereocenters. The van der Waals surface area contributed by atoms with Gasteiger partial charge in [-0.25, -0.2) is 4.39 Å². The summed E-state index contributed by atoms with van der Waals surface area (Å²) < 4.78 is 13.9. The van der Waals surface area contributed by atoms with Gasteiger partial charge < -0.3 is 9.80 Å². The maximum Gasteiger partial charge on any atom is 0.253 e. The summed E-state index contributed by atoms with van der Waals surface area (Å²) in [5.74, 6) is -0.503. The number of carbonyl (C=O) groups is 1. The van der Waals surface area contributed by atoms with E-state index in [0.717, 1.165) is 32.5 Å². The monoisotopic (exact) mass is 342 g/mol. The van der Waals surface area contributed by atoms with Crippen molar-refractivity contribution in [3.8, 4) is 0 Å². The topological polar surface area (TPSA) is 23.6 Å². The van der Waals surface area contributed by atoms with Crippen LogP contribution in [0.2, 0.25) is 0 Å². The highest BCUT2D eigenvalue weighted by molar-refractivity contribution is 9.10. The summed E-state index contributed by atoms with van der Waals surface area (Å²) in [6.07, 6.45) is 1.96. The second kappa shape index (κ2) is 6.68. The fourth-order valence-corrected chi connectivity index (χ4v) is 2.87. The van der Waals surface area contributed by atoms with Crippen LogP contribution in [0.5, 0.6) is 0 Å². The molecule has 5 heteroatoms. The zero-order valence-electron chi connectivity index (χ0n) is 11.9. The lowest BCUT2D eigenvalue weighted by atomic mass is 10.0. The molecule has 0 radical (unpaired) electrons. The second-order valence-corrected chi connectivity index (χ2v) is 6.06. The van der Waals surface area contributed by atoms with E-state index in [9.17, 15) is 9.18 Å². The third kappa shape index (κ3) is 3.38. The molecule has 1 aromatic carbocycles. The van der Waals surface area contributed by atoms with Gasteiger partial charge in [0.15, 0.2) is 0 Å². The molecule has 1 amide bonds. The van der Waals surface area contributed by atoms with Crippen molar-refractivity contribution in [1.29, 1.82) is 0 Å². The number of carbonyl (C=O) groups excluding carboxylic acids is 1. The predicted molar refractivity (Wildman–Crippen MR) is 81.3 cm³/mol. The van der Waals surface area contributed by atoms with Crippen LogP contribution in [0.15, 0.2) is 22.7 Å². The Kier molecular flexibility index (Phi) is 5.16. The predicted octanol–water partition coefficient (Wildman–Crippen LogP) is 3.14. The van der Waals surface area contributed by atoms with Gasteiger partial charge in [-0.2, -0.15) is 0 Å². The van der Waals surface area contributed by atoms with Crippen molar-refractivity contribution in [2.75, 3.05) is 26.7 Å². The quantitative estimate of drug-likeness (QED) is 0.842. The molecule has 1 aromatic rings. The minimum Gasteiger partial charge on any atom is -0.339 e. The lowest BCUT2D eigenvalue weighted by molar-refractivity contribution is 0.0646.